The van der Waals surface area contributed by atoms with E-state index in [1.807, 2.05) is 24.3 Å². The highest BCUT2D eigenvalue weighted by molar-refractivity contribution is 14.1. The molecule has 0 aliphatic heterocycles. The number of nitrogens with zero attached hydrogens (tertiary/aromatic N) is 1. The number of fused-ring (bicyclic) bond motifs is 1. The van der Waals surface area contributed by atoms with Crippen molar-refractivity contribution in [3.05, 3.63) is 39.1 Å². The fourth-order valence-corrected chi connectivity index (χ4v) is 1.87. The smallest absolute Gasteiger partial charge is 0.0727 e. The maximum atomic E-state index is 5.83. The first-order valence-electron chi connectivity index (χ1n) is 3.47. The van der Waals surface area contributed by atoms with Crippen LogP contribution in [0.1, 0.15) is 0 Å². The largest absolute Gasteiger partial charge is 0.256 e. The molecule has 1 aromatic heterocycles. The molecule has 1 aromatic carbocycles. The van der Waals surface area contributed by atoms with Gasteiger partial charge in [-0.05, 0) is 40.8 Å². The highest BCUT2D eigenvalue weighted by atomic mass is 127. The molecule has 0 aliphatic rings. The molecule has 1 heterocycles. The number of pyridine rings is 1. The van der Waals surface area contributed by atoms with Crippen molar-refractivity contribution in [3.8, 4) is 0 Å². The minimum absolute atomic E-state index is 0.733. The Morgan fingerprint density at radius 1 is 1.25 bits per heavy atom. The number of benzene rings is 1. The normalized spacial score (nSPS) is 10.5. The third-order valence-corrected chi connectivity index (χ3v) is 2.83. The van der Waals surface area contributed by atoms with Crippen LogP contribution in [0.3, 0.4) is 0 Å². The van der Waals surface area contributed by atoms with Gasteiger partial charge >= 0.3 is 0 Å². The summed E-state index contributed by atoms with van der Waals surface area (Å²) in [5.74, 6) is 0. The topological polar surface area (TPSA) is 12.9 Å². The van der Waals surface area contributed by atoms with Crippen LogP contribution in [0.4, 0.5) is 0 Å². The maximum Gasteiger partial charge on any atom is 0.0727 e. The number of rotatable bonds is 0. The summed E-state index contributed by atoms with van der Waals surface area (Å²) >= 11 is 8.12. The average molecular weight is 290 g/mol. The van der Waals surface area contributed by atoms with Gasteiger partial charge in [0, 0.05) is 20.2 Å². The Balaban J connectivity index is 2.86. The second kappa shape index (κ2) is 3.18. The summed E-state index contributed by atoms with van der Waals surface area (Å²) in [6.45, 7) is 0. The second-order valence-corrected chi connectivity index (χ2v) is 4.05. The van der Waals surface area contributed by atoms with E-state index in [1.54, 1.807) is 6.20 Å². The van der Waals surface area contributed by atoms with Crippen LogP contribution in [0, 0.1) is 3.57 Å². The molecule has 0 saturated heterocycles. The maximum absolute atomic E-state index is 5.83. The zero-order chi connectivity index (χ0) is 8.55. The molecule has 0 fully saturated rings. The van der Waals surface area contributed by atoms with E-state index in [4.69, 9.17) is 11.6 Å². The van der Waals surface area contributed by atoms with Crippen LogP contribution in [0.2, 0.25) is 5.02 Å². The molecular weight excluding hydrogens is 284 g/mol. The SMILES string of the molecule is Clc1ccc2c(I)ccnc2c1. The van der Waals surface area contributed by atoms with E-state index >= 15 is 0 Å². The van der Waals surface area contributed by atoms with Crippen molar-refractivity contribution < 1.29 is 0 Å². The van der Waals surface area contributed by atoms with Crippen molar-refractivity contribution in [1.82, 2.24) is 4.98 Å². The third kappa shape index (κ3) is 1.41. The minimum Gasteiger partial charge on any atom is -0.256 e. The van der Waals surface area contributed by atoms with Crippen LogP contribution in [-0.2, 0) is 0 Å². The van der Waals surface area contributed by atoms with Gasteiger partial charge in [0.2, 0.25) is 0 Å². The summed E-state index contributed by atoms with van der Waals surface area (Å²) < 4.78 is 1.20. The first-order valence-corrected chi connectivity index (χ1v) is 4.93. The molecule has 2 aromatic rings. The van der Waals surface area contributed by atoms with E-state index in [2.05, 4.69) is 27.6 Å². The Hall–Kier alpha value is -0.350. The molecule has 0 aliphatic carbocycles. The number of halogens is 2. The summed E-state index contributed by atoms with van der Waals surface area (Å²) in [7, 11) is 0. The predicted molar refractivity (Wildman–Crippen MR) is 59.5 cm³/mol. The zero-order valence-corrected chi connectivity index (χ0v) is 9.00. The minimum atomic E-state index is 0.733. The van der Waals surface area contributed by atoms with Crippen molar-refractivity contribution in [2.45, 2.75) is 0 Å². The van der Waals surface area contributed by atoms with Crippen LogP contribution in [-0.4, -0.2) is 4.98 Å². The van der Waals surface area contributed by atoms with Crippen molar-refractivity contribution in [2.24, 2.45) is 0 Å². The van der Waals surface area contributed by atoms with Crippen LogP contribution in [0.15, 0.2) is 30.5 Å². The second-order valence-electron chi connectivity index (χ2n) is 2.45. The van der Waals surface area contributed by atoms with Gasteiger partial charge < -0.3 is 0 Å². The Kier molecular flexibility index (Phi) is 2.19. The van der Waals surface area contributed by atoms with Gasteiger partial charge in [0.25, 0.3) is 0 Å². The van der Waals surface area contributed by atoms with E-state index in [9.17, 15) is 0 Å². The van der Waals surface area contributed by atoms with Crippen LogP contribution < -0.4 is 0 Å². The molecule has 0 unspecified atom stereocenters. The van der Waals surface area contributed by atoms with Gasteiger partial charge in [-0.15, -0.1) is 0 Å². The quantitative estimate of drug-likeness (QED) is 0.677. The molecule has 0 radical (unpaired) electrons. The van der Waals surface area contributed by atoms with E-state index in [-0.39, 0.29) is 0 Å². The average Bonchev–Trinajstić information content (AvgIpc) is 2.04. The number of aromatic nitrogens is 1. The number of hydrogen-bond donors (Lipinski definition) is 0. The summed E-state index contributed by atoms with van der Waals surface area (Å²) in [5.41, 5.74) is 0.953. The molecule has 60 valence electrons. The van der Waals surface area contributed by atoms with Crippen molar-refractivity contribution in [2.75, 3.05) is 0 Å². The van der Waals surface area contributed by atoms with Crippen molar-refractivity contribution in [3.63, 3.8) is 0 Å². The van der Waals surface area contributed by atoms with Gasteiger partial charge in [0.05, 0.1) is 5.52 Å². The Morgan fingerprint density at radius 2 is 2.08 bits per heavy atom. The van der Waals surface area contributed by atoms with E-state index in [0.29, 0.717) is 0 Å². The first kappa shape index (κ1) is 8.26. The summed E-state index contributed by atoms with van der Waals surface area (Å²) in [6.07, 6.45) is 1.79. The third-order valence-electron chi connectivity index (χ3n) is 1.65. The van der Waals surface area contributed by atoms with Crippen LogP contribution >= 0.6 is 34.2 Å². The van der Waals surface area contributed by atoms with Crippen molar-refractivity contribution in [1.29, 1.82) is 0 Å². The molecule has 0 spiro atoms. The van der Waals surface area contributed by atoms with E-state index < -0.39 is 0 Å². The van der Waals surface area contributed by atoms with Crippen molar-refractivity contribution >= 4 is 45.1 Å². The molecule has 12 heavy (non-hydrogen) atoms. The van der Waals surface area contributed by atoms with Crippen LogP contribution in [0.25, 0.3) is 10.9 Å². The molecule has 0 saturated carbocycles. The van der Waals surface area contributed by atoms with E-state index in [0.717, 1.165) is 15.9 Å². The number of hydrogen-bond acceptors (Lipinski definition) is 1. The summed E-state index contributed by atoms with van der Waals surface area (Å²) in [6, 6.07) is 7.73. The molecule has 0 amide bonds. The molecule has 0 atom stereocenters. The monoisotopic (exact) mass is 289 g/mol. The fraction of sp³-hybridized carbons (Fsp3) is 0. The lowest BCUT2D eigenvalue weighted by Gasteiger charge is -1.98. The lowest BCUT2D eigenvalue weighted by Crippen LogP contribution is -1.80. The molecule has 1 nitrogen and oxygen atoms in total. The fourth-order valence-electron chi connectivity index (χ4n) is 1.09. The highest BCUT2D eigenvalue weighted by Gasteiger charge is 1.98. The lowest BCUT2D eigenvalue weighted by molar-refractivity contribution is 1.40. The molecule has 0 bridgehead atoms. The zero-order valence-electron chi connectivity index (χ0n) is 6.09. The molecule has 0 N–H and O–H groups in total. The summed E-state index contributed by atoms with van der Waals surface area (Å²) in [5, 5.41) is 1.89. The van der Waals surface area contributed by atoms with Gasteiger partial charge in [-0.25, -0.2) is 0 Å². The van der Waals surface area contributed by atoms with E-state index in [1.165, 1.54) is 3.57 Å². The Labute approximate surface area is 88.9 Å². The Morgan fingerprint density at radius 3 is 2.92 bits per heavy atom. The predicted octanol–water partition coefficient (Wildman–Crippen LogP) is 3.49. The van der Waals surface area contributed by atoms with Gasteiger partial charge in [-0.3, -0.25) is 4.98 Å². The molecular formula is C9H5ClIN. The standard InChI is InChI=1S/C9H5ClIN/c10-6-1-2-7-8(11)3-4-12-9(7)5-6/h1-5H. The van der Waals surface area contributed by atoms with Gasteiger partial charge in [-0.2, -0.15) is 0 Å². The van der Waals surface area contributed by atoms with Gasteiger partial charge in [0.1, 0.15) is 0 Å². The Bertz CT molecular complexity index is 428. The molecule has 2 rings (SSSR count). The van der Waals surface area contributed by atoms with Gasteiger partial charge in [0.15, 0.2) is 0 Å². The highest BCUT2D eigenvalue weighted by Crippen LogP contribution is 2.21. The van der Waals surface area contributed by atoms with Gasteiger partial charge in [-0.1, -0.05) is 17.7 Å². The molecule has 3 heteroatoms. The van der Waals surface area contributed by atoms with Crippen LogP contribution in [0.5, 0.6) is 0 Å². The lowest BCUT2D eigenvalue weighted by atomic mass is 10.2. The first-order chi connectivity index (χ1) is 5.77. The summed E-state index contributed by atoms with van der Waals surface area (Å²) in [4.78, 5) is 4.21.